The summed E-state index contributed by atoms with van der Waals surface area (Å²) in [5, 5.41) is 11.2. The normalized spacial score (nSPS) is 25.1. The summed E-state index contributed by atoms with van der Waals surface area (Å²) < 4.78 is 2.08. The maximum atomic E-state index is 12.4. The van der Waals surface area contributed by atoms with Crippen LogP contribution in [0.2, 0.25) is 0 Å². The fraction of sp³-hybridized carbons (Fsp3) is 0.522. The van der Waals surface area contributed by atoms with E-state index in [0.717, 1.165) is 61.5 Å². The second kappa shape index (κ2) is 7.76. The van der Waals surface area contributed by atoms with E-state index in [1.807, 2.05) is 13.1 Å². The molecule has 31 heavy (non-hydrogen) atoms. The minimum atomic E-state index is -0.337. The van der Waals surface area contributed by atoms with Gasteiger partial charge in [-0.2, -0.15) is 5.10 Å². The predicted octanol–water partition coefficient (Wildman–Crippen LogP) is 1.99. The smallest absolute Gasteiger partial charge is 0.318 e. The SMILES string of the molecule is CCNC(=O)N1CCC2(CCn3nc(-c4cnc(C)c(C5=CCNCC5)c4)cc32)C1N. The minimum Gasteiger partial charge on any atom is -0.338 e. The maximum Gasteiger partial charge on any atom is 0.318 e. The van der Waals surface area contributed by atoms with E-state index in [4.69, 9.17) is 10.8 Å². The molecule has 1 saturated heterocycles. The van der Waals surface area contributed by atoms with Crippen molar-refractivity contribution in [2.45, 2.75) is 51.2 Å². The van der Waals surface area contributed by atoms with E-state index < -0.39 is 0 Å². The standard InChI is InChI=1S/C23H31N7O/c1-3-26-22(31)29-10-6-23(21(29)24)7-11-30-20(23)13-19(28-30)17-12-18(15(2)27-14-17)16-4-8-25-9-5-16/h4,12-14,21,25H,3,5-11,24H2,1-2H3,(H,26,31). The number of amides is 2. The molecule has 0 aromatic carbocycles. The molecule has 2 aromatic heterocycles. The molecule has 5 rings (SSSR count). The lowest BCUT2D eigenvalue weighted by atomic mass is 9.80. The molecule has 3 aliphatic rings. The zero-order chi connectivity index (χ0) is 21.6. The highest BCUT2D eigenvalue weighted by Gasteiger charge is 2.52. The Morgan fingerprint density at radius 1 is 1.35 bits per heavy atom. The van der Waals surface area contributed by atoms with Gasteiger partial charge in [-0.3, -0.25) is 9.67 Å². The van der Waals surface area contributed by atoms with Crippen molar-refractivity contribution in [3.8, 4) is 11.3 Å². The number of nitrogens with one attached hydrogen (secondary N) is 2. The molecule has 1 spiro atoms. The molecular weight excluding hydrogens is 390 g/mol. The van der Waals surface area contributed by atoms with Gasteiger partial charge in [0.15, 0.2) is 0 Å². The number of pyridine rings is 1. The summed E-state index contributed by atoms with van der Waals surface area (Å²) in [4.78, 5) is 18.9. The van der Waals surface area contributed by atoms with Crippen molar-refractivity contribution >= 4 is 11.6 Å². The molecule has 164 valence electrons. The van der Waals surface area contributed by atoms with Gasteiger partial charge in [-0.25, -0.2) is 4.79 Å². The first-order chi connectivity index (χ1) is 15.0. The number of hydrogen-bond donors (Lipinski definition) is 3. The van der Waals surface area contributed by atoms with Gasteiger partial charge >= 0.3 is 6.03 Å². The van der Waals surface area contributed by atoms with Crippen LogP contribution in [0.1, 0.15) is 43.1 Å². The van der Waals surface area contributed by atoms with Gasteiger partial charge in [0.1, 0.15) is 0 Å². The number of likely N-dealkylation sites (tertiary alicyclic amines) is 1. The molecule has 0 bridgehead atoms. The van der Waals surface area contributed by atoms with E-state index in [1.165, 1.54) is 11.1 Å². The van der Waals surface area contributed by atoms with Gasteiger partial charge < -0.3 is 21.3 Å². The number of hydrogen-bond acceptors (Lipinski definition) is 5. The molecule has 2 unspecified atom stereocenters. The summed E-state index contributed by atoms with van der Waals surface area (Å²) in [6.45, 7) is 8.00. The van der Waals surface area contributed by atoms with Crippen LogP contribution in [-0.2, 0) is 12.0 Å². The third-order valence-electron chi connectivity index (χ3n) is 7.14. The fourth-order valence-corrected chi connectivity index (χ4v) is 5.37. The lowest BCUT2D eigenvalue weighted by Crippen LogP contribution is -2.53. The number of nitrogens with two attached hydrogens (primary N) is 1. The topological polar surface area (TPSA) is 101 Å². The first-order valence-corrected chi connectivity index (χ1v) is 11.3. The fourth-order valence-electron chi connectivity index (χ4n) is 5.37. The van der Waals surface area contributed by atoms with Crippen LogP contribution >= 0.6 is 0 Å². The van der Waals surface area contributed by atoms with Gasteiger partial charge in [-0.1, -0.05) is 6.08 Å². The highest BCUT2D eigenvalue weighted by molar-refractivity contribution is 5.75. The van der Waals surface area contributed by atoms with Gasteiger partial charge in [-0.05, 0) is 62.9 Å². The van der Waals surface area contributed by atoms with Crippen LogP contribution in [-0.4, -0.2) is 58.0 Å². The van der Waals surface area contributed by atoms with E-state index >= 15 is 0 Å². The Kier molecular flexibility index (Phi) is 5.06. The number of nitrogens with zero attached hydrogens (tertiary/aromatic N) is 4. The molecule has 8 nitrogen and oxygen atoms in total. The van der Waals surface area contributed by atoms with Crippen LogP contribution in [0.25, 0.3) is 16.8 Å². The highest BCUT2D eigenvalue weighted by Crippen LogP contribution is 2.46. The molecule has 0 aliphatic carbocycles. The first-order valence-electron chi connectivity index (χ1n) is 11.3. The highest BCUT2D eigenvalue weighted by atomic mass is 16.2. The number of carbonyl (C=O) groups excluding carboxylic acids is 1. The van der Waals surface area contributed by atoms with E-state index in [9.17, 15) is 4.79 Å². The van der Waals surface area contributed by atoms with Crippen molar-refractivity contribution in [1.82, 2.24) is 30.3 Å². The van der Waals surface area contributed by atoms with E-state index in [2.05, 4.69) is 45.4 Å². The monoisotopic (exact) mass is 421 g/mol. The van der Waals surface area contributed by atoms with Crippen molar-refractivity contribution in [2.24, 2.45) is 5.73 Å². The van der Waals surface area contributed by atoms with E-state index in [1.54, 1.807) is 4.90 Å². The Morgan fingerprint density at radius 2 is 2.19 bits per heavy atom. The third kappa shape index (κ3) is 3.25. The van der Waals surface area contributed by atoms with Crippen LogP contribution in [0, 0.1) is 6.92 Å². The Labute approximate surface area is 182 Å². The first kappa shape index (κ1) is 20.2. The van der Waals surface area contributed by atoms with Crippen LogP contribution < -0.4 is 16.4 Å². The molecule has 1 fully saturated rings. The molecule has 0 saturated carbocycles. The van der Waals surface area contributed by atoms with Gasteiger partial charge in [0.05, 0.1) is 11.9 Å². The zero-order valence-corrected chi connectivity index (χ0v) is 18.3. The number of aromatic nitrogens is 3. The molecule has 2 atom stereocenters. The number of carbonyl (C=O) groups is 1. The van der Waals surface area contributed by atoms with Gasteiger partial charge in [0.25, 0.3) is 0 Å². The van der Waals surface area contributed by atoms with Crippen LogP contribution in [0.4, 0.5) is 4.79 Å². The summed E-state index contributed by atoms with van der Waals surface area (Å²) in [7, 11) is 0. The number of aryl methyl sites for hydroxylation is 2. The number of urea groups is 1. The molecule has 3 aliphatic heterocycles. The van der Waals surface area contributed by atoms with Crippen molar-refractivity contribution in [3.05, 3.63) is 41.4 Å². The van der Waals surface area contributed by atoms with Crippen LogP contribution in [0.3, 0.4) is 0 Å². The quantitative estimate of drug-likeness (QED) is 0.704. The average molecular weight is 422 g/mol. The number of rotatable bonds is 3. The Balaban J connectivity index is 1.47. The summed E-state index contributed by atoms with van der Waals surface area (Å²) in [6, 6.07) is 4.31. The summed E-state index contributed by atoms with van der Waals surface area (Å²) >= 11 is 0. The summed E-state index contributed by atoms with van der Waals surface area (Å²) in [5.41, 5.74) is 13.1. The molecule has 5 heterocycles. The van der Waals surface area contributed by atoms with Crippen LogP contribution in [0.15, 0.2) is 24.4 Å². The zero-order valence-electron chi connectivity index (χ0n) is 18.3. The maximum absolute atomic E-state index is 12.4. The largest absolute Gasteiger partial charge is 0.338 e. The van der Waals surface area contributed by atoms with Crippen molar-refractivity contribution in [3.63, 3.8) is 0 Å². The average Bonchev–Trinajstić information content (AvgIpc) is 3.45. The molecular formula is C23H31N7O. The van der Waals surface area contributed by atoms with Crippen LogP contribution in [0.5, 0.6) is 0 Å². The molecule has 2 amide bonds. The lowest BCUT2D eigenvalue weighted by Gasteiger charge is -2.31. The lowest BCUT2D eigenvalue weighted by molar-refractivity contribution is 0.181. The predicted molar refractivity (Wildman–Crippen MR) is 120 cm³/mol. The molecule has 0 radical (unpaired) electrons. The molecule has 8 heteroatoms. The third-order valence-corrected chi connectivity index (χ3v) is 7.14. The van der Waals surface area contributed by atoms with Gasteiger partial charge in [0, 0.05) is 54.7 Å². The van der Waals surface area contributed by atoms with E-state index in [0.29, 0.717) is 13.1 Å². The summed E-state index contributed by atoms with van der Waals surface area (Å²) in [5.74, 6) is 0. The Hall–Kier alpha value is -2.71. The minimum absolute atomic E-state index is 0.0762. The second-order valence-electron chi connectivity index (χ2n) is 8.81. The van der Waals surface area contributed by atoms with Crippen molar-refractivity contribution in [2.75, 3.05) is 26.2 Å². The van der Waals surface area contributed by atoms with Crippen molar-refractivity contribution < 1.29 is 4.79 Å². The number of fused-ring (bicyclic) bond motifs is 2. The van der Waals surface area contributed by atoms with Gasteiger partial charge in [-0.15, -0.1) is 0 Å². The Bertz CT molecular complexity index is 1040. The van der Waals surface area contributed by atoms with E-state index in [-0.39, 0.29) is 17.6 Å². The van der Waals surface area contributed by atoms with Gasteiger partial charge in [0.2, 0.25) is 0 Å². The van der Waals surface area contributed by atoms with Crippen molar-refractivity contribution in [1.29, 1.82) is 0 Å². The Morgan fingerprint density at radius 3 is 2.97 bits per heavy atom. The second-order valence-corrected chi connectivity index (χ2v) is 8.81. The molecule has 2 aromatic rings. The summed E-state index contributed by atoms with van der Waals surface area (Å²) in [6.07, 6.45) is 6.64. The molecule has 4 N–H and O–H groups in total.